The van der Waals surface area contributed by atoms with Crippen LogP contribution in [0.1, 0.15) is 129 Å². The number of carbonyl (C=O) groups excluding carboxylic acids is 2. The third kappa shape index (κ3) is 23.1. The van der Waals surface area contributed by atoms with Crippen molar-refractivity contribution in [1.29, 1.82) is 0 Å². The standard InChI is InChI=1S/C31H61O19P3/c1-3-5-6-7-8-9-10-11-12-13-14-15-16-17-18-20-24(32)45-21-23(47-25(33)19-4-2)22-46-53(43,44)50-31-27(35)29(48-51(37,38)39)26(34)30(28(31)36)49-52(40,41)42/h23,26-31,34-36H,3-22H2,1-2H3,(H,43,44)(H2,37,38,39)(H2,40,41,42)/t23?,26?,27-,28-,29-,30+,31?/m1/s1. The molecule has 1 saturated carbocycles. The molecule has 0 heterocycles. The van der Waals surface area contributed by atoms with Crippen LogP contribution in [0, 0.1) is 0 Å². The summed E-state index contributed by atoms with van der Waals surface area (Å²) in [6, 6.07) is 0. The van der Waals surface area contributed by atoms with Gasteiger partial charge in [0, 0.05) is 12.8 Å². The first-order valence-corrected chi connectivity index (χ1v) is 22.9. The lowest BCUT2D eigenvalue weighted by Gasteiger charge is -2.44. The van der Waals surface area contributed by atoms with E-state index in [1.54, 1.807) is 6.92 Å². The molecule has 0 radical (unpaired) electrons. The van der Waals surface area contributed by atoms with E-state index in [1.807, 2.05) is 0 Å². The number of rotatable bonds is 30. The highest BCUT2D eigenvalue weighted by molar-refractivity contribution is 7.47. The predicted molar refractivity (Wildman–Crippen MR) is 188 cm³/mol. The van der Waals surface area contributed by atoms with E-state index in [0.29, 0.717) is 12.8 Å². The molecule has 8 atom stereocenters. The molecule has 0 bridgehead atoms. The first kappa shape index (κ1) is 50.2. The summed E-state index contributed by atoms with van der Waals surface area (Å²) in [7, 11) is -16.5. The molecule has 1 aliphatic rings. The summed E-state index contributed by atoms with van der Waals surface area (Å²) in [6.07, 6.45) is 1.43. The SMILES string of the molecule is CCCCCCCCCCCCCCCCCC(=O)OCC(COP(=O)(O)OC1[C@H](O)[C@H](OP(=O)(O)O)C(O)[C@H](OP(=O)(O)O)[C@H]1O)OC(=O)CCC. The number of aliphatic hydroxyl groups excluding tert-OH is 3. The second kappa shape index (κ2) is 26.1. The zero-order valence-electron chi connectivity index (χ0n) is 30.6. The monoisotopic (exact) mass is 830 g/mol. The fourth-order valence-electron chi connectivity index (χ4n) is 5.68. The van der Waals surface area contributed by atoms with Gasteiger partial charge in [-0.2, -0.15) is 0 Å². The van der Waals surface area contributed by atoms with E-state index in [2.05, 4.69) is 16.0 Å². The molecule has 0 spiro atoms. The van der Waals surface area contributed by atoms with Crippen molar-refractivity contribution in [2.45, 2.75) is 172 Å². The maximum absolute atomic E-state index is 12.9. The average molecular weight is 831 g/mol. The molecule has 53 heavy (non-hydrogen) atoms. The number of esters is 2. The second-order valence-corrected chi connectivity index (χ2v) is 17.0. The number of hydrogen-bond acceptors (Lipinski definition) is 14. The van der Waals surface area contributed by atoms with Crippen molar-refractivity contribution in [2.24, 2.45) is 0 Å². The van der Waals surface area contributed by atoms with E-state index >= 15 is 0 Å². The first-order chi connectivity index (χ1) is 24.8. The third-order valence-electron chi connectivity index (χ3n) is 8.38. The van der Waals surface area contributed by atoms with E-state index in [1.165, 1.54) is 64.2 Å². The van der Waals surface area contributed by atoms with Crippen LogP contribution in [0.3, 0.4) is 0 Å². The van der Waals surface area contributed by atoms with Gasteiger partial charge >= 0.3 is 35.4 Å². The minimum atomic E-state index is -5.53. The highest BCUT2D eigenvalue weighted by Crippen LogP contribution is 2.51. The number of carbonyl (C=O) groups is 2. The molecular weight excluding hydrogens is 769 g/mol. The quantitative estimate of drug-likeness (QED) is 0.0287. The molecule has 314 valence electrons. The largest absolute Gasteiger partial charge is 0.472 e. The van der Waals surface area contributed by atoms with Crippen LogP contribution in [0.5, 0.6) is 0 Å². The van der Waals surface area contributed by atoms with Crippen molar-refractivity contribution in [1.82, 2.24) is 0 Å². The van der Waals surface area contributed by atoms with Crippen LogP contribution in [-0.2, 0) is 50.9 Å². The van der Waals surface area contributed by atoms with E-state index in [4.69, 9.17) is 38.1 Å². The summed E-state index contributed by atoms with van der Waals surface area (Å²) >= 11 is 0. The van der Waals surface area contributed by atoms with E-state index in [-0.39, 0.29) is 12.8 Å². The van der Waals surface area contributed by atoms with Crippen LogP contribution in [-0.4, -0.2) is 108 Å². The molecular formula is C31H61O19P3. The Hall–Kier alpha value is -0.850. The van der Waals surface area contributed by atoms with Gasteiger partial charge in [0.05, 0.1) is 6.61 Å². The smallest absolute Gasteiger partial charge is 0.462 e. The Balaban J connectivity index is 2.62. The summed E-state index contributed by atoms with van der Waals surface area (Å²) in [5.41, 5.74) is 0. The number of phosphoric acid groups is 3. The molecule has 0 aromatic heterocycles. The summed E-state index contributed by atoms with van der Waals surface area (Å²) in [5.74, 6) is -1.37. The number of aliphatic hydroxyl groups is 3. The molecule has 0 aromatic carbocycles. The Bertz CT molecular complexity index is 1140. The van der Waals surface area contributed by atoms with Gasteiger partial charge in [-0.15, -0.1) is 0 Å². The fourth-order valence-corrected chi connectivity index (χ4v) is 7.79. The Morgan fingerprint density at radius 1 is 0.528 bits per heavy atom. The molecule has 4 unspecified atom stereocenters. The lowest BCUT2D eigenvalue weighted by Crippen LogP contribution is -2.65. The van der Waals surface area contributed by atoms with Gasteiger partial charge in [-0.25, -0.2) is 13.7 Å². The topological polar surface area (TPSA) is 303 Å². The first-order valence-electron chi connectivity index (χ1n) is 18.3. The molecule has 1 fully saturated rings. The molecule has 1 aliphatic carbocycles. The molecule has 19 nitrogen and oxygen atoms in total. The van der Waals surface area contributed by atoms with Crippen LogP contribution < -0.4 is 0 Å². The van der Waals surface area contributed by atoms with Crippen LogP contribution in [0.4, 0.5) is 0 Å². The third-order valence-corrected chi connectivity index (χ3v) is 10.4. The minimum Gasteiger partial charge on any atom is -0.462 e. The number of phosphoric ester groups is 3. The zero-order valence-corrected chi connectivity index (χ0v) is 33.3. The number of hydrogen-bond donors (Lipinski definition) is 8. The van der Waals surface area contributed by atoms with Gasteiger partial charge in [0.1, 0.15) is 43.2 Å². The van der Waals surface area contributed by atoms with E-state index in [0.717, 1.165) is 25.7 Å². The molecule has 8 N–H and O–H groups in total. The molecule has 0 saturated heterocycles. The highest BCUT2D eigenvalue weighted by atomic mass is 31.2. The summed E-state index contributed by atoms with van der Waals surface area (Å²) < 4.78 is 64.2. The molecule has 0 aromatic rings. The molecule has 0 amide bonds. The van der Waals surface area contributed by atoms with Gasteiger partial charge in [0.15, 0.2) is 6.10 Å². The normalized spacial score (nSPS) is 24.0. The number of ether oxygens (including phenoxy) is 2. The fraction of sp³-hybridized carbons (Fsp3) is 0.935. The highest BCUT2D eigenvalue weighted by Gasteiger charge is 2.56. The van der Waals surface area contributed by atoms with Crippen LogP contribution in [0.15, 0.2) is 0 Å². The van der Waals surface area contributed by atoms with Crippen molar-refractivity contribution in [3.05, 3.63) is 0 Å². The van der Waals surface area contributed by atoms with Gasteiger partial charge in [-0.3, -0.25) is 27.7 Å². The van der Waals surface area contributed by atoms with Crippen molar-refractivity contribution in [3.63, 3.8) is 0 Å². The van der Waals surface area contributed by atoms with Gasteiger partial charge in [-0.05, 0) is 12.8 Å². The maximum atomic E-state index is 12.9. The van der Waals surface area contributed by atoms with Gasteiger partial charge in [-0.1, -0.05) is 104 Å². The minimum absolute atomic E-state index is 0.0540. The summed E-state index contributed by atoms with van der Waals surface area (Å²) in [4.78, 5) is 71.6. The lowest BCUT2D eigenvalue weighted by atomic mass is 9.85. The predicted octanol–water partition coefficient (Wildman–Crippen LogP) is 4.06. The molecule has 1 rings (SSSR count). The average Bonchev–Trinajstić information content (AvgIpc) is 3.06. The van der Waals surface area contributed by atoms with E-state index in [9.17, 15) is 43.5 Å². The van der Waals surface area contributed by atoms with Crippen LogP contribution in [0.2, 0.25) is 0 Å². The Morgan fingerprint density at radius 3 is 1.32 bits per heavy atom. The molecule has 0 aliphatic heterocycles. The Labute approximate surface area is 311 Å². The Morgan fingerprint density at radius 2 is 0.925 bits per heavy atom. The van der Waals surface area contributed by atoms with Gasteiger partial charge in [0.25, 0.3) is 0 Å². The van der Waals surface area contributed by atoms with Gasteiger partial charge < -0.3 is 49.3 Å². The summed E-state index contributed by atoms with van der Waals surface area (Å²) in [6.45, 7) is 2.39. The van der Waals surface area contributed by atoms with Crippen LogP contribution in [0.25, 0.3) is 0 Å². The lowest BCUT2D eigenvalue weighted by molar-refractivity contribution is -0.213. The van der Waals surface area contributed by atoms with Crippen LogP contribution >= 0.6 is 23.5 Å². The Kier molecular flexibility index (Phi) is 24.7. The second-order valence-electron chi connectivity index (χ2n) is 13.2. The number of unbranched alkanes of at least 4 members (excludes halogenated alkanes) is 14. The summed E-state index contributed by atoms with van der Waals surface area (Å²) in [5, 5.41) is 31.4. The molecule has 22 heteroatoms. The van der Waals surface area contributed by atoms with Gasteiger partial charge in [0.2, 0.25) is 0 Å². The van der Waals surface area contributed by atoms with Crippen molar-refractivity contribution < 1.29 is 90.6 Å². The van der Waals surface area contributed by atoms with Crippen molar-refractivity contribution >= 4 is 35.4 Å². The van der Waals surface area contributed by atoms with Crippen molar-refractivity contribution in [2.75, 3.05) is 13.2 Å². The maximum Gasteiger partial charge on any atom is 0.472 e. The van der Waals surface area contributed by atoms with E-state index < -0.39 is 91.3 Å². The zero-order chi connectivity index (χ0) is 40.1. The van der Waals surface area contributed by atoms with Crippen molar-refractivity contribution in [3.8, 4) is 0 Å².